The molecule has 3 rings (SSSR count). The summed E-state index contributed by atoms with van der Waals surface area (Å²) in [6.45, 7) is 0.453. The van der Waals surface area contributed by atoms with Gasteiger partial charge in [-0.05, 0) is 35.9 Å². The summed E-state index contributed by atoms with van der Waals surface area (Å²) in [5.41, 5.74) is 7.23. The average molecular weight is 356 g/mol. The molecule has 0 unspecified atom stereocenters. The maximum atomic E-state index is 11.8. The van der Waals surface area contributed by atoms with Crippen LogP contribution in [0.5, 0.6) is 0 Å². The van der Waals surface area contributed by atoms with Crippen LogP contribution < -0.4 is 11.1 Å². The van der Waals surface area contributed by atoms with Gasteiger partial charge in [-0.2, -0.15) is 0 Å². The predicted molar refractivity (Wildman–Crippen MR) is 94.9 cm³/mol. The second kappa shape index (κ2) is 6.48. The van der Waals surface area contributed by atoms with Crippen molar-refractivity contribution in [3.8, 4) is 0 Å². The first kappa shape index (κ1) is 16.8. The summed E-state index contributed by atoms with van der Waals surface area (Å²) in [6.07, 6.45) is 2.58. The molecule has 25 heavy (non-hydrogen) atoms. The van der Waals surface area contributed by atoms with E-state index < -0.39 is 15.7 Å². The highest BCUT2D eigenvalue weighted by atomic mass is 32.2. The lowest BCUT2D eigenvalue weighted by Gasteiger charge is -2.09. The lowest BCUT2D eigenvalue weighted by Crippen LogP contribution is -2.11. The molecule has 0 aliphatic heterocycles. The minimum Gasteiger partial charge on any atom is -0.366 e. The van der Waals surface area contributed by atoms with E-state index in [1.54, 1.807) is 36.4 Å². The summed E-state index contributed by atoms with van der Waals surface area (Å²) >= 11 is 0. The van der Waals surface area contributed by atoms with E-state index in [0.717, 1.165) is 11.8 Å². The molecule has 8 heteroatoms. The number of carbonyl (C=O) groups is 1. The Balaban J connectivity index is 1.89. The first-order valence-corrected chi connectivity index (χ1v) is 9.31. The van der Waals surface area contributed by atoms with Crippen molar-refractivity contribution in [2.24, 2.45) is 5.73 Å². The number of amides is 1. The second-order valence-electron chi connectivity index (χ2n) is 5.59. The Labute approximate surface area is 144 Å². The third-order valence-corrected chi connectivity index (χ3v) is 4.84. The normalized spacial score (nSPS) is 11.4. The van der Waals surface area contributed by atoms with Gasteiger partial charge in [0, 0.05) is 23.8 Å². The molecule has 0 bridgehead atoms. The SMILES string of the molecule is CS(=O)(=O)c1ccc2ncnc(NCc3ccc(C(N)=O)cc3)c2c1. The molecule has 7 nitrogen and oxygen atoms in total. The molecule has 1 amide bonds. The van der Waals surface area contributed by atoms with E-state index in [-0.39, 0.29) is 4.90 Å². The molecule has 0 aliphatic carbocycles. The third kappa shape index (κ3) is 3.74. The highest BCUT2D eigenvalue weighted by molar-refractivity contribution is 7.90. The number of nitrogens with zero attached hydrogens (tertiary/aromatic N) is 2. The monoisotopic (exact) mass is 356 g/mol. The Morgan fingerprint density at radius 1 is 1.12 bits per heavy atom. The third-order valence-electron chi connectivity index (χ3n) is 3.73. The fourth-order valence-electron chi connectivity index (χ4n) is 2.38. The molecule has 1 aromatic heterocycles. The summed E-state index contributed by atoms with van der Waals surface area (Å²) in [5.74, 6) is 0.0593. The largest absolute Gasteiger partial charge is 0.366 e. The molecule has 3 aromatic rings. The van der Waals surface area contributed by atoms with Gasteiger partial charge in [0.05, 0.1) is 10.4 Å². The lowest BCUT2D eigenvalue weighted by atomic mass is 10.1. The predicted octanol–water partition coefficient (Wildman–Crippen LogP) is 1.74. The molecule has 1 heterocycles. The molecular weight excluding hydrogens is 340 g/mol. The second-order valence-corrected chi connectivity index (χ2v) is 7.60. The first-order valence-electron chi connectivity index (χ1n) is 7.42. The van der Waals surface area contributed by atoms with E-state index in [4.69, 9.17) is 5.73 Å². The molecule has 3 N–H and O–H groups in total. The molecule has 128 valence electrons. The van der Waals surface area contributed by atoms with Crippen LogP contribution in [0, 0.1) is 0 Å². The molecule has 0 aliphatic rings. The minimum absolute atomic E-state index is 0.212. The number of nitrogens with one attached hydrogen (secondary N) is 1. The number of carbonyl (C=O) groups excluding carboxylic acids is 1. The Morgan fingerprint density at radius 3 is 2.48 bits per heavy atom. The molecule has 0 spiro atoms. The van der Waals surface area contributed by atoms with Crippen LogP contribution >= 0.6 is 0 Å². The topological polar surface area (TPSA) is 115 Å². The number of fused-ring (bicyclic) bond motifs is 1. The fourth-order valence-corrected chi connectivity index (χ4v) is 3.03. The van der Waals surface area contributed by atoms with E-state index in [1.165, 1.54) is 12.4 Å². The van der Waals surface area contributed by atoms with Crippen molar-refractivity contribution in [2.75, 3.05) is 11.6 Å². The summed E-state index contributed by atoms with van der Waals surface area (Å²) in [7, 11) is -3.32. The number of primary amides is 1. The zero-order valence-electron chi connectivity index (χ0n) is 13.4. The summed E-state index contributed by atoms with van der Waals surface area (Å²) in [4.78, 5) is 19.7. The molecule has 0 radical (unpaired) electrons. The Bertz CT molecular complexity index is 1050. The molecule has 0 atom stereocenters. The number of nitrogens with two attached hydrogens (primary N) is 1. The maximum absolute atomic E-state index is 11.8. The van der Waals surface area contributed by atoms with E-state index in [1.807, 2.05) is 0 Å². The number of hydrogen-bond acceptors (Lipinski definition) is 6. The smallest absolute Gasteiger partial charge is 0.248 e. The van der Waals surface area contributed by atoms with Crippen molar-refractivity contribution in [3.63, 3.8) is 0 Å². The minimum atomic E-state index is -3.32. The van der Waals surface area contributed by atoms with Gasteiger partial charge in [-0.1, -0.05) is 12.1 Å². The lowest BCUT2D eigenvalue weighted by molar-refractivity contribution is 0.100. The van der Waals surface area contributed by atoms with E-state index >= 15 is 0 Å². The molecule has 0 saturated heterocycles. The molecular formula is C17H16N4O3S. The maximum Gasteiger partial charge on any atom is 0.248 e. The number of anilines is 1. The van der Waals surface area contributed by atoms with Crippen molar-refractivity contribution < 1.29 is 13.2 Å². The fraction of sp³-hybridized carbons (Fsp3) is 0.118. The van der Waals surface area contributed by atoms with Crippen molar-refractivity contribution >= 4 is 32.5 Å². The van der Waals surface area contributed by atoms with Crippen molar-refractivity contribution in [3.05, 3.63) is 59.9 Å². The van der Waals surface area contributed by atoms with Crippen LogP contribution in [-0.4, -0.2) is 30.5 Å². The quantitative estimate of drug-likeness (QED) is 0.719. The number of sulfone groups is 1. The molecule has 2 aromatic carbocycles. The summed E-state index contributed by atoms with van der Waals surface area (Å²) in [6, 6.07) is 11.6. The number of benzene rings is 2. The van der Waals surface area contributed by atoms with Gasteiger partial charge in [-0.3, -0.25) is 4.79 Å². The number of aromatic nitrogens is 2. The van der Waals surface area contributed by atoms with Crippen LogP contribution in [0.4, 0.5) is 5.82 Å². The van der Waals surface area contributed by atoms with E-state index in [0.29, 0.717) is 28.8 Å². The van der Waals surface area contributed by atoms with Crippen molar-refractivity contribution in [1.29, 1.82) is 0 Å². The van der Waals surface area contributed by atoms with Crippen LogP contribution in [0.1, 0.15) is 15.9 Å². The standard InChI is InChI=1S/C17H16N4O3S/c1-25(23,24)13-6-7-15-14(8-13)17(21-10-20-15)19-9-11-2-4-12(5-3-11)16(18)22/h2-8,10H,9H2,1H3,(H2,18,22)(H,19,20,21). The Hall–Kier alpha value is -3.00. The van der Waals surface area contributed by atoms with Gasteiger partial charge in [0.25, 0.3) is 0 Å². The van der Waals surface area contributed by atoms with Gasteiger partial charge in [-0.25, -0.2) is 18.4 Å². The molecule has 0 fully saturated rings. The summed E-state index contributed by atoms with van der Waals surface area (Å²) in [5, 5.41) is 3.79. The summed E-state index contributed by atoms with van der Waals surface area (Å²) < 4.78 is 23.5. The van der Waals surface area contributed by atoms with E-state index in [9.17, 15) is 13.2 Å². The van der Waals surface area contributed by atoms with Gasteiger partial charge < -0.3 is 11.1 Å². The number of rotatable bonds is 5. The highest BCUT2D eigenvalue weighted by Crippen LogP contribution is 2.23. The Morgan fingerprint density at radius 2 is 1.84 bits per heavy atom. The zero-order valence-corrected chi connectivity index (χ0v) is 14.2. The van der Waals surface area contributed by atoms with Crippen LogP contribution in [0.15, 0.2) is 53.7 Å². The van der Waals surface area contributed by atoms with Crippen LogP contribution in [0.2, 0.25) is 0 Å². The first-order chi connectivity index (χ1) is 11.8. The van der Waals surface area contributed by atoms with Crippen molar-refractivity contribution in [1.82, 2.24) is 9.97 Å². The highest BCUT2D eigenvalue weighted by Gasteiger charge is 2.11. The van der Waals surface area contributed by atoms with Crippen LogP contribution in [0.25, 0.3) is 10.9 Å². The van der Waals surface area contributed by atoms with Gasteiger partial charge >= 0.3 is 0 Å². The molecule has 0 saturated carbocycles. The zero-order chi connectivity index (χ0) is 18.0. The van der Waals surface area contributed by atoms with Gasteiger partial charge in [0.1, 0.15) is 12.1 Å². The Kier molecular flexibility index (Phi) is 4.37. The number of hydrogen-bond donors (Lipinski definition) is 2. The van der Waals surface area contributed by atoms with Crippen LogP contribution in [-0.2, 0) is 16.4 Å². The van der Waals surface area contributed by atoms with E-state index in [2.05, 4.69) is 15.3 Å². The van der Waals surface area contributed by atoms with Gasteiger partial charge in [0.15, 0.2) is 9.84 Å². The van der Waals surface area contributed by atoms with Gasteiger partial charge in [-0.15, -0.1) is 0 Å². The van der Waals surface area contributed by atoms with Crippen LogP contribution in [0.3, 0.4) is 0 Å². The van der Waals surface area contributed by atoms with Crippen molar-refractivity contribution in [2.45, 2.75) is 11.4 Å². The van der Waals surface area contributed by atoms with Gasteiger partial charge in [0.2, 0.25) is 5.91 Å². The average Bonchev–Trinajstić information content (AvgIpc) is 2.59.